The molecule has 1 fully saturated rings. The maximum absolute atomic E-state index is 5.58. The van der Waals surface area contributed by atoms with Crippen LogP contribution in [-0.2, 0) is 6.54 Å². The maximum atomic E-state index is 5.58. The fourth-order valence-corrected chi connectivity index (χ4v) is 2.63. The largest absolute Gasteiger partial charge is 0.493 e. The standard InChI is InChI=1S/C15H24N2O2/c1-11-9-13(10-17-7-5-16-6-8-17)15(19-4)14(18-3)12(11)2/h9,16H,5-8,10H2,1-4H3. The summed E-state index contributed by atoms with van der Waals surface area (Å²) in [5, 5.41) is 3.37. The molecular formula is C15H24N2O2. The van der Waals surface area contributed by atoms with Gasteiger partial charge in [-0.2, -0.15) is 0 Å². The molecular weight excluding hydrogens is 240 g/mol. The van der Waals surface area contributed by atoms with Crippen LogP contribution in [0.4, 0.5) is 0 Å². The van der Waals surface area contributed by atoms with Crippen molar-refractivity contribution in [1.29, 1.82) is 0 Å². The molecule has 0 amide bonds. The van der Waals surface area contributed by atoms with Crippen molar-refractivity contribution in [2.24, 2.45) is 0 Å². The Balaban J connectivity index is 2.30. The van der Waals surface area contributed by atoms with Gasteiger partial charge in [0.1, 0.15) is 0 Å². The number of aryl methyl sites for hydroxylation is 1. The molecule has 0 atom stereocenters. The highest BCUT2D eigenvalue weighted by Crippen LogP contribution is 2.37. The summed E-state index contributed by atoms with van der Waals surface area (Å²) < 4.78 is 11.1. The predicted octanol–water partition coefficient (Wildman–Crippen LogP) is 1.73. The summed E-state index contributed by atoms with van der Waals surface area (Å²) in [6.45, 7) is 9.40. The van der Waals surface area contributed by atoms with Crippen LogP contribution in [0.3, 0.4) is 0 Å². The molecule has 0 bridgehead atoms. The predicted molar refractivity (Wildman–Crippen MR) is 77.2 cm³/mol. The lowest BCUT2D eigenvalue weighted by molar-refractivity contribution is 0.229. The zero-order valence-corrected chi connectivity index (χ0v) is 12.4. The van der Waals surface area contributed by atoms with Crippen molar-refractivity contribution >= 4 is 0 Å². The summed E-state index contributed by atoms with van der Waals surface area (Å²) in [6.07, 6.45) is 0. The van der Waals surface area contributed by atoms with Gasteiger partial charge in [-0.1, -0.05) is 6.07 Å². The Morgan fingerprint density at radius 2 is 1.74 bits per heavy atom. The molecule has 0 saturated carbocycles. The van der Waals surface area contributed by atoms with Crippen LogP contribution >= 0.6 is 0 Å². The van der Waals surface area contributed by atoms with Gasteiger partial charge >= 0.3 is 0 Å². The SMILES string of the molecule is COc1c(CN2CCNCC2)cc(C)c(C)c1OC. The number of rotatable bonds is 4. The molecule has 19 heavy (non-hydrogen) atoms. The lowest BCUT2D eigenvalue weighted by atomic mass is 10.0. The van der Waals surface area contributed by atoms with E-state index in [0.29, 0.717) is 0 Å². The minimum absolute atomic E-state index is 0.868. The third kappa shape index (κ3) is 3.01. The minimum atomic E-state index is 0.868. The van der Waals surface area contributed by atoms with Crippen molar-refractivity contribution in [3.63, 3.8) is 0 Å². The van der Waals surface area contributed by atoms with Crippen LogP contribution in [0.25, 0.3) is 0 Å². The molecule has 0 aliphatic carbocycles. The number of methoxy groups -OCH3 is 2. The van der Waals surface area contributed by atoms with E-state index in [-0.39, 0.29) is 0 Å². The maximum Gasteiger partial charge on any atom is 0.165 e. The monoisotopic (exact) mass is 264 g/mol. The Bertz CT molecular complexity index is 440. The van der Waals surface area contributed by atoms with Crippen LogP contribution in [0.1, 0.15) is 16.7 Å². The molecule has 2 rings (SSSR count). The number of piperazine rings is 1. The number of nitrogens with zero attached hydrogens (tertiary/aromatic N) is 1. The van der Waals surface area contributed by atoms with Gasteiger partial charge in [0.25, 0.3) is 0 Å². The van der Waals surface area contributed by atoms with Crippen molar-refractivity contribution in [3.05, 3.63) is 22.8 Å². The van der Waals surface area contributed by atoms with Crippen LogP contribution in [0, 0.1) is 13.8 Å². The van der Waals surface area contributed by atoms with E-state index in [2.05, 4.69) is 30.1 Å². The second-order valence-corrected chi connectivity index (χ2v) is 5.07. The molecule has 0 spiro atoms. The highest BCUT2D eigenvalue weighted by molar-refractivity contribution is 5.54. The Hall–Kier alpha value is -1.26. The van der Waals surface area contributed by atoms with Gasteiger partial charge in [-0.25, -0.2) is 0 Å². The second-order valence-electron chi connectivity index (χ2n) is 5.07. The fraction of sp³-hybridized carbons (Fsp3) is 0.600. The molecule has 1 aromatic rings. The number of nitrogens with one attached hydrogen (secondary N) is 1. The van der Waals surface area contributed by atoms with E-state index < -0.39 is 0 Å². The summed E-state index contributed by atoms with van der Waals surface area (Å²) in [5.41, 5.74) is 3.62. The lowest BCUT2D eigenvalue weighted by Gasteiger charge is -2.28. The van der Waals surface area contributed by atoms with E-state index >= 15 is 0 Å². The minimum Gasteiger partial charge on any atom is -0.493 e. The van der Waals surface area contributed by atoms with Gasteiger partial charge < -0.3 is 14.8 Å². The first kappa shape index (κ1) is 14.2. The smallest absolute Gasteiger partial charge is 0.165 e. The molecule has 1 aromatic carbocycles. The Morgan fingerprint density at radius 3 is 2.32 bits per heavy atom. The summed E-state index contributed by atoms with van der Waals surface area (Å²) >= 11 is 0. The third-order valence-electron chi connectivity index (χ3n) is 3.83. The average Bonchev–Trinajstić information content (AvgIpc) is 2.43. The molecule has 106 valence electrons. The van der Waals surface area contributed by atoms with E-state index in [4.69, 9.17) is 9.47 Å². The van der Waals surface area contributed by atoms with E-state index in [0.717, 1.165) is 49.8 Å². The average molecular weight is 264 g/mol. The first-order chi connectivity index (χ1) is 9.17. The van der Waals surface area contributed by atoms with Gasteiger partial charge in [-0.15, -0.1) is 0 Å². The quantitative estimate of drug-likeness (QED) is 0.898. The van der Waals surface area contributed by atoms with Crippen LogP contribution in [0.15, 0.2) is 6.07 Å². The van der Waals surface area contributed by atoms with Crippen LogP contribution in [0.2, 0.25) is 0 Å². The van der Waals surface area contributed by atoms with Crippen molar-refractivity contribution in [3.8, 4) is 11.5 Å². The van der Waals surface area contributed by atoms with Gasteiger partial charge in [-0.05, 0) is 25.0 Å². The summed E-state index contributed by atoms with van der Waals surface area (Å²) in [4.78, 5) is 2.45. The normalized spacial score (nSPS) is 16.4. The molecule has 0 radical (unpaired) electrons. The molecule has 0 unspecified atom stereocenters. The van der Waals surface area contributed by atoms with Gasteiger partial charge in [0.15, 0.2) is 11.5 Å². The Kier molecular flexibility index (Phi) is 4.66. The molecule has 1 heterocycles. The van der Waals surface area contributed by atoms with E-state index in [1.54, 1.807) is 14.2 Å². The third-order valence-corrected chi connectivity index (χ3v) is 3.83. The molecule has 0 aromatic heterocycles. The summed E-state index contributed by atoms with van der Waals surface area (Å²) in [7, 11) is 3.42. The van der Waals surface area contributed by atoms with Gasteiger partial charge in [0.05, 0.1) is 14.2 Å². The van der Waals surface area contributed by atoms with Gasteiger partial charge in [0.2, 0.25) is 0 Å². The Morgan fingerprint density at radius 1 is 1.11 bits per heavy atom. The van der Waals surface area contributed by atoms with Crippen LogP contribution in [0.5, 0.6) is 11.5 Å². The lowest BCUT2D eigenvalue weighted by Crippen LogP contribution is -2.42. The van der Waals surface area contributed by atoms with Crippen molar-refractivity contribution < 1.29 is 9.47 Å². The molecule has 1 N–H and O–H groups in total. The second kappa shape index (κ2) is 6.26. The van der Waals surface area contributed by atoms with Crippen LogP contribution < -0.4 is 14.8 Å². The van der Waals surface area contributed by atoms with E-state index in [1.165, 1.54) is 11.1 Å². The van der Waals surface area contributed by atoms with Crippen molar-refractivity contribution in [2.75, 3.05) is 40.4 Å². The first-order valence-electron chi connectivity index (χ1n) is 6.81. The molecule has 4 nitrogen and oxygen atoms in total. The zero-order chi connectivity index (χ0) is 13.8. The number of ether oxygens (including phenoxy) is 2. The number of benzene rings is 1. The fourth-order valence-electron chi connectivity index (χ4n) is 2.63. The Labute approximate surface area is 115 Å². The van der Waals surface area contributed by atoms with E-state index in [1.807, 2.05) is 0 Å². The van der Waals surface area contributed by atoms with Gasteiger partial charge in [-0.3, -0.25) is 4.90 Å². The highest BCUT2D eigenvalue weighted by atomic mass is 16.5. The summed E-state index contributed by atoms with van der Waals surface area (Å²) in [5.74, 6) is 1.75. The molecule has 1 aliphatic heterocycles. The van der Waals surface area contributed by atoms with Gasteiger partial charge in [0, 0.05) is 38.3 Å². The molecule has 1 aliphatic rings. The van der Waals surface area contributed by atoms with Crippen molar-refractivity contribution in [2.45, 2.75) is 20.4 Å². The number of hydrogen-bond donors (Lipinski definition) is 1. The van der Waals surface area contributed by atoms with E-state index in [9.17, 15) is 0 Å². The number of hydrogen-bond acceptors (Lipinski definition) is 4. The first-order valence-corrected chi connectivity index (χ1v) is 6.81. The molecule has 4 heteroatoms. The summed E-state index contributed by atoms with van der Waals surface area (Å²) in [6, 6.07) is 2.22. The van der Waals surface area contributed by atoms with Crippen LogP contribution in [-0.4, -0.2) is 45.3 Å². The highest BCUT2D eigenvalue weighted by Gasteiger charge is 2.18. The zero-order valence-electron chi connectivity index (χ0n) is 12.4. The van der Waals surface area contributed by atoms with Crippen molar-refractivity contribution in [1.82, 2.24) is 10.2 Å². The molecule has 1 saturated heterocycles. The topological polar surface area (TPSA) is 33.7 Å².